The van der Waals surface area contributed by atoms with Gasteiger partial charge < -0.3 is 5.11 Å². The van der Waals surface area contributed by atoms with Crippen LogP contribution in [0.4, 0.5) is 18.0 Å². The number of sulfonamides is 1. The zero-order chi connectivity index (χ0) is 29.9. The molecule has 14 heteroatoms. The standard InChI is InChI=1S/C26H30F3N5O5S/c1-17(21(35)15-31-40(38,39)23-7-5-6-13-30-23)34(24(36)37)22(25(2,3)4)16-33-14-12-20(32-33)18-8-10-19(11-9-18)26(27,28)29/h5-14,17,22,31H,15-16H2,1-4H3,(H,36,37)/t17-,22?/m0/s1. The number of Topliss-reactive ketones (excluding diaryl/α,β-unsaturated/α-hetero) is 1. The average Bonchev–Trinajstić information content (AvgIpc) is 3.35. The molecular weight excluding hydrogens is 551 g/mol. The van der Waals surface area contributed by atoms with Gasteiger partial charge >= 0.3 is 12.3 Å². The maximum absolute atomic E-state index is 13.0. The number of nitrogens with zero attached hydrogens (tertiary/aromatic N) is 4. The van der Waals surface area contributed by atoms with Gasteiger partial charge in [-0.15, -0.1) is 0 Å². The lowest BCUT2D eigenvalue weighted by molar-refractivity contribution is -0.137. The Morgan fingerprint density at radius 1 is 1.07 bits per heavy atom. The predicted molar refractivity (Wildman–Crippen MR) is 140 cm³/mol. The fourth-order valence-electron chi connectivity index (χ4n) is 4.02. The number of hydrogen-bond donors (Lipinski definition) is 2. The van der Waals surface area contributed by atoms with Crippen molar-refractivity contribution in [2.75, 3.05) is 6.54 Å². The van der Waals surface area contributed by atoms with Gasteiger partial charge in [0.2, 0.25) is 0 Å². The molecule has 0 fully saturated rings. The Bertz CT molecular complexity index is 1440. The average molecular weight is 582 g/mol. The van der Waals surface area contributed by atoms with Crippen molar-refractivity contribution >= 4 is 21.9 Å². The van der Waals surface area contributed by atoms with E-state index in [4.69, 9.17) is 0 Å². The predicted octanol–water partition coefficient (Wildman–Crippen LogP) is 4.29. The van der Waals surface area contributed by atoms with Crippen LogP contribution >= 0.6 is 0 Å². The van der Waals surface area contributed by atoms with Gasteiger partial charge in [-0.2, -0.15) is 18.3 Å². The molecule has 0 bridgehead atoms. The Balaban J connectivity index is 1.80. The number of nitrogens with one attached hydrogen (secondary N) is 1. The number of carboxylic acid groups (broad SMARTS) is 1. The largest absolute Gasteiger partial charge is 0.465 e. The Labute approximate surface area is 229 Å². The summed E-state index contributed by atoms with van der Waals surface area (Å²) in [6.07, 6.45) is -3.00. The zero-order valence-corrected chi connectivity index (χ0v) is 23.1. The number of pyridine rings is 1. The molecule has 1 amide bonds. The molecule has 2 atom stereocenters. The van der Waals surface area contributed by atoms with Crippen molar-refractivity contribution in [1.82, 2.24) is 24.4 Å². The molecule has 10 nitrogen and oxygen atoms in total. The summed E-state index contributed by atoms with van der Waals surface area (Å²) in [4.78, 5) is 30.1. The lowest BCUT2D eigenvalue weighted by Gasteiger charge is -2.41. The molecule has 216 valence electrons. The molecule has 0 spiro atoms. The third-order valence-electron chi connectivity index (χ3n) is 6.30. The summed E-state index contributed by atoms with van der Waals surface area (Å²) in [5, 5.41) is 14.2. The highest BCUT2D eigenvalue weighted by molar-refractivity contribution is 7.89. The van der Waals surface area contributed by atoms with E-state index in [-0.39, 0.29) is 11.6 Å². The van der Waals surface area contributed by atoms with Gasteiger partial charge in [0.05, 0.1) is 36.4 Å². The molecule has 0 radical (unpaired) electrons. The molecule has 2 aromatic heterocycles. The fraction of sp³-hybridized carbons (Fsp3) is 0.385. The summed E-state index contributed by atoms with van der Waals surface area (Å²) >= 11 is 0. The van der Waals surface area contributed by atoms with Crippen molar-refractivity contribution in [2.45, 2.75) is 57.5 Å². The fourth-order valence-corrected chi connectivity index (χ4v) is 4.96. The van der Waals surface area contributed by atoms with E-state index in [9.17, 15) is 36.3 Å². The van der Waals surface area contributed by atoms with Crippen LogP contribution in [-0.4, -0.2) is 63.7 Å². The molecule has 1 aromatic carbocycles. The molecule has 0 aliphatic carbocycles. The van der Waals surface area contributed by atoms with Crippen LogP contribution in [0.15, 0.2) is 66.0 Å². The monoisotopic (exact) mass is 581 g/mol. The van der Waals surface area contributed by atoms with E-state index >= 15 is 0 Å². The van der Waals surface area contributed by atoms with E-state index in [2.05, 4.69) is 14.8 Å². The molecule has 0 saturated heterocycles. The molecule has 0 aliphatic rings. The minimum atomic E-state index is -4.47. The van der Waals surface area contributed by atoms with E-state index in [1.54, 1.807) is 33.0 Å². The highest BCUT2D eigenvalue weighted by Crippen LogP contribution is 2.31. The number of halogens is 3. The second-order valence-corrected chi connectivity index (χ2v) is 11.9. The van der Waals surface area contributed by atoms with Gasteiger partial charge in [0.15, 0.2) is 10.8 Å². The van der Waals surface area contributed by atoms with Crippen molar-refractivity contribution in [3.8, 4) is 11.3 Å². The molecule has 3 aromatic rings. The second kappa shape index (κ2) is 11.8. The van der Waals surface area contributed by atoms with E-state index in [0.717, 1.165) is 17.0 Å². The molecule has 3 rings (SSSR count). The third-order valence-corrected chi connectivity index (χ3v) is 7.61. The number of carbonyl (C=O) groups excluding carboxylic acids is 1. The summed E-state index contributed by atoms with van der Waals surface area (Å²) in [5.41, 5.74) is -0.656. The van der Waals surface area contributed by atoms with Gasteiger partial charge in [-0.25, -0.2) is 22.9 Å². The van der Waals surface area contributed by atoms with E-state index in [0.29, 0.717) is 11.3 Å². The first-order chi connectivity index (χ1) is 18.5. The highest BCUT2D eigenvalue weighted by Gasteiger charge is 2.39. The van der Waals surface area contributed by atoms with Crippen LogP contribution in [-0.2, 0) is 27.5 Å². The van der Waals surface area contributed by atoms with Crippen LogP contribution in [0.25, 0.3) is 11.3 Å². The van der Waals surface area contributed by atoms with Crippen molar-refractivity contribution < 1.29 is 36.3 Å². The Hall–Kier alpha value is -3.78. The molecule has 2 N–H and O–H groups in total. The smallest absolute Gasteiger partial charge is 0.416 e. The highest BCUT2D eigenvalue weighted by atomic mass is 32.2. The Morgan fingerprint density at radius 2 is 1.73 bits per heavy atom. The summed E-state index contributed by atoms with van der Waals surface area (Å²) in [7, 11) is -4.09. The minimum Gasteiger partial charge on any atom is -0.465 e. The van der Waals surface area contributed by atoms with Crippen LogP contribution in [0.5, 0.6) is 0 Å². The van der Waals surface area contributed by atoms with Gasteiger partial charge in [0.1, 0.15) is 0 Å². The SMILES string of the molecule is C[C@@H](C(=O)CNS(=O)(=O)c1ccccn1)N(C(=O)O)C(Cn1ccc(-c2ccc(C(F)(F)F)cc2)n1)C(C)(C)C. The molecule has 0 saturated carbocycles. The topological polar surface area (TPSA) is 134 Å². The Kier molecular flexibility index (Phi) is 9.04. The zero-order valence-electron chi connectivity index (χ0n) is 22.3. The second-order valence-electron chi connectivity index (χ2n) is 10.2. The first-order valence-corrected chi connectivity index (χ1v) is 13.6. The first-order valence-electron chi connectivity index (χ1n) is 12.2. The van der Waals surface area contributed by atoms with Gasteiger partial charge in [-0.05, 0) is 42.7 Å². The van der Waals surface area contributed by atoms with Crippen LogP contribution in [0.2, 0.25) is 0 Å². The lowest BCUT2D eigenvalue weighted by atomic mass is 9.84. The number of ketones is 1. The van der Waals surface area contributed by atoms with E-state index in [1.807, 2.05) is 0 Å². The summed E-state index contributed by atoms with van der Waals surface area (Å²) in [6, 6.07) is 8.35. The van der Waals surface area contributed by atoms with Gasteiger partial charge in [-0.3, -0.25) is 14.4 Å². The third kappa shape index (κ3) is 7.45. The molecular formula is C26H30F3N5O5S. The van der Waals surface area contributed by atoms with E-state index < -0.39 is 57.7 Å². The summed E-state index contributed by atoms with van der Waals surface area (Å²) in [6.45, 7) is 6.10. The number of alkyl halides is 3. The maximum atomic E-state index is 13.0. The van der Waals surface area contributed by atoms with Crippen LogP contribution < -0.4 is 4.72 Å². The summed E-state index contributed by atoms with van der Waals surface area (Å²) in [5.74, 6) is -0.679. The molecule has 2 heterocycles. The Morgan fingerprint density at radius 3 is 2.25 bits per heavy atom. The minimum absolute atomic E-state index is 0.0215. The van der Waals surface area contributed by atoms with Crippen molar-refractivity contribution in [3.63, 3.8) is 0 Å². The molecule has 40 heavy (non-hydrogen) atoms. The van der Waals surface area contributed by atoms with Crippen molar-refractivity contribution in [2.24, 2.45) is 5.41 Å². The van der Waals surface area contributed by atoms with Crippen LogP contribution in [0.3, 0.4) is 0 Å². The molecule has 1 unspecified atom stereocenters. The van der Waals surface area contributed by atoms with E-state index in [1.165, 1.54) is 48.1 Å². The van der Waals surface area contributed by atoms with Gasteiger partial charge in [-0.1, -0.05) is 39.0 Å². The number of benzene rings is 1. The van der Waals surface area contributed by atoms with Crippen molar-refractivity contribution in [3.05, 3.63) is 66.5 Å². The number of rotatable bonds is 10. The van der Waals surface area contributed by atoms with Gasteiger partial charge in [0, 0.05) is 18.0 Å². The summed E-state index contributed by atoms with van der Waals surface area (Å²) < 4.78 is 67.2. The normalized spacial score (nSPS) is 14.0. The number of amides is 1. The van der Waals surface area contributed by atoms with Gasteiger partial charge in [0.25, 0.3) is 10.0 Å². The number of carbonyl (C=O) groups is 2. The first kappa shape index (κ1) is 30.8. The maximum Gasteiger partial charge on any atom is 0.416 e. The number of hydrogen-bond acceptors (Lipinski definition) is 6. The van der Waals surface area contributed by atoms with Crippen LogP contribution in [0.1, 0.15) is 33.3 Å². The lowest BCUT2D eigenvalue weighted by Crippen LogP contribution is -2.56. The molecule has 0 aliphatic heterocycles. The quantitative estimate of drug-likeness (QED) is 0.365. The van der Waals surface area contributed by atoms with Crippen LogP contribution in [0, 0.1) is 5.41 Å². The van der Waals surface area contributed by atoms with Crippen molar-refractivity contribution in [1.29, 1.82) is 0 Å². The number of aromatic nitrogens is 3.